The zero-order chi connectivity index (χ0) is 20.1. The third kappa shape index (κ3) is 4.72. The van der Waals surface area contributed by atoms with Crippen LogP contribution in [-0.4, -0.2) is 32.1 Å². The summed E-state index contributed by atoms with van der Waals surface area (Å²) in [5.74, 6) is 6.30. The number of nitriles is 1. The Kier molecular flexibility index (Phi) is 6.70. The minimum atomic E-state index is -0.774. The fourth-order valence-electron chi connectivity index (χ4n) is 3.26. The molecule has 0 aliphatic heterocycles. The summed E-state index contributed by atoms with van der Waals surface area (Å²) in [5.41, 5.74) is -0.216. The van der Waals surface area contributed by atoms with Crippen molar-refractivity contribution < 1.29 is 4.79 Å². The number of amides is 1. The summed E-state index contributed by atoms with van der Waals surface area (Å²) in [5, 5.41) is 21.9. The van der Waals surface area contributed by atoms with Gasteiger partial charge in [-0.2, -0.15) is 5.26 Å². The predicted molar refractivity (Wildman–Crippen MR) is 111 cm³/mol. The van der Waals surface area contributed by atoms with E-state index >= 15 is 0 Å². The molecule has 0 atom stereocenters. The highest BCUT2D eigenvalue weighted by molar-refractivity contribution is 7.99. The molecule has 0 radical (unpaired) electrons. The Balaban J connectivity index is 1.67. The van der Waals surface area contributed by atoms with E-state index in [9.17, 15) is 10.1 Å². The number of aromatic nitrogens is 3. The quantitative estimate of drug-likeness (QED) is 0.417. The van der Waals surface area contributed by atoms with Gasteiger partial charge in [-0.15, -0.1) is 10.2 Å². The van der Waals surface area contributed by atoms with E-state index in [0.717, 1.165) is 37.4 Å². The Bertz CT molecular complexity index is 902. The zero-order valence-corrected chi connectivity index (χ0v) is 17.4. The van der Waals surface area contributed by atoms with Crippen molar-refractivity contribution in [3.05, 3.63) is 28.2 Å². The maximum Gasteiger partial charge on any atom is 0.231 e. The molecule has 1 fully saturated rings. The molecule has 0 unspecified atom stereocenters. The number of rotatable bonds is 5. The molecule has 1 amide bonds. The third-order valence-electron chi connectivity index (χ3n) is 4.72. The minimum absolute atomic E-state index is 0.0854. The normalized spacial score (nSPS) is 16.2. The Labute approximate surface area is 177 Å². The van der Waals surface area contributed by atoms with Gasteiger partial charge in [0.05, 0.1) is 16.8 Å². The molecule has 3 N–H and O–H groups in total. The lowest BCUT2D eigenvalue weighted by Crippen LogP contribution is -2.47. The van der Waals surface area contributed by atoms with Crippen molar-refractivity contribution in [1.29, 1.82) is 5.26 Å². The van der Waals surface area contributed by atoms with Crippen molar-refractivity contribution in [3.63, 3.8) is 0 Å². The highest BCUT2D eigenvalue weighted by atomic mass is 35.5. The van der Waals surface area contributed by atoms with Gasteiger partial charge in [0, 0.05) is 10.6 Å². The fourth-order valence-corrected chi connectivity index (χ4v) is 4.29. The lowest BCUT2D eigenvalue weighted by Gasteiger charge is -2.26. The molecule has 28 heavy (non-hydrogen) atoms. The Morgan fingerprint density at radius 3 is 2.68 bits per heavy atom. The van der Waals surface area contributed by atoms with E-state index < -0.39 is 5.54 Å². The molecule has 1 aromatic carbocycles. The molecular formula is C18H20Cl2N6OS. The number of thioether (sulfide) groups is 1. The van der Waals surface area contributed by atoms with Gasteiger partial charge in [0.15, 0.2) is 5.82 Å². The molecule has 10 heteroatoms. The first-order valence-corrected chi connectivity index (χ1v) is 10.7. The molecule has 0 saturated heterocycles. The van der Waals surface area contributed by atoms with Gasteiger partial charge in [0.2, 0.25) is 11.1 Å². The first kappa shape index (κ1) is 20.8. The van der Waals surface area contributed by atoms with Crippen LogP contribution in [-0.2, 0) is 4.79 Å². The lowest BCUT2D eigenvalue weighted by atomic mass is 9.92. The second-order valence-electron chi connectivity index (χ2n) is 6.75. The van der Waals surface area contributed by atoms with Gasteiger partial charge in [-0.25, -0.2) is 4.68 Å². The second kappa shape index (κ2) is 9.03. The number of nitrogen functional groups attached to an aromatic ring is 1. The highest BCUT2D eigenvalue weighted by Gasteiger charge is 2.32. The second-order valence-corrected chi connectivity index (χ2v) is 8.53. The van der Waals surface area contributed by atoms with E-state index in [1.807, 2.05) is 0 Å². The maximum atomic E-state index is 12.4. The summed E-state index contributed by atoms with van der Waals surface area (Å²) in [6.45, 7) is 0. The van der Waals surface area contributed by atoms with Gasteiger partial charge in [0.1, 0.15) is 5.54 Å². The van der Waals surface area contributed by atoms with Crippen molar-refractivity contribution in [2.75, 3.05) is 11.6 Å². The van der Waals surface area contributed by atoms with Crippen molar-refractivity contribution in [2.45, 2.75) is 49.2 Å². The molecule has 1 aromatic heterocycles. The number of nitrogens with two attached hydrogens (primary N) is 1. The molecular weight excluding hydrogens is 419 g/mol. The summed E-state index contributed by atoms with van der Waals surface area (Å²) in [6.07, 6.45) is 5.46. The molecule has 1 aliphatic rings. The van der Waals surface area contributed by atoms with Crippen LogP contribution in [0.4, 0.5) is 0 Å². The average Bonchev–Trinajstić information content (AvgIpc) is 2.89. The number of nitrogens with zero attached hydrogens (tertiary/aromatic N) is 4. The lowest BCUT2D eigenvalue weighted by molar-refractivity contribution is -0.120. The Hall–Kier alpha value is -1.95. The summed E-state index contributed by atoms with van der Waals surface area (Å²) < 4.78 is 1.28. The van der Waals surface area contributed by atoms with Gasteiger partial charge in [-0.3, -0.25) is 4.79 Å². The van der Waals surface area contributed by atoms with Crippen molar-refractivity contribution >= 4 is 40.9 Å². The van der Waals surface area contributed by atoms with Crippen LogP contribution in [0.25, 0.3) is 11.4 Å². The number of halogens is 2. The first-order valence-electron chi connectivity index (χ1n) is 8.95. The standard InChI is InChI=1S/C18H20Cl2N6OS/c19-12-5-6-14(20)13(9-12)16-24-25-17(26(16)22)28-10-15(27)23-18(11-21)7-3-1-2-4-8-18/h5-6,9H,1-4,7-8,10,22H2,(H,23,27). The number of carbonyl (C=O) groups is 1. The van der Waals surface area contributed by atoms with E-state index in [-0.39, 0.29) is 11.7 Å². The van der Waals surface area contributed by atoms with E-state index in [1.54, 1.807) is 18.2 Å². The molecule has 1 saturated carbocycles. The van der Waals surface area contributed by atoms with Crippen LogP contribution in [0.5, 0.6) is 0 Å². The van der Waals surface area contributed by atoms with Crippen molar-refractivity contribution in [2.24, 2.45) is 0 Å². The van der Waals surface area contributed by atoms with Crippen molar-refractivity contribution in [3.8, 4) is 17.5 Å². The largest absolute Gasteiger partial charge is 0.337 e. The monoisotopic (exact) mass is 438 g/mol. The van der Waals surface area contributed by atoms with Gasteiger partial charge in [0.25, 0.3) is 0 Å². The molecule has 0 bridgehead atoms. The molecule has 3 rings (SSSR count). The summed E-state index contributed by atoms with van der Waals surface area (Å²) in [7, 11) is 0. The van der Waals surface area contributed by atoms with Crippen LogP contribution >= 0.6 is 35.0 Å². The summed E-state index contributed by atoms with van der Waals surface area (Å²) >= 11 is 13.4. The summed E-state index contributed by atoms with van der Waals surface area (Å²) in [4.78, 5) is 12.4. The Morgan fingerprint density at radius 1 is 1.29 bits per heavy atom. The predicted octanol–water partition coefficient (Wildman–Crippen LogP) is 3.79. The fraction of sp³-hybridized carbons (Fsp3) is 0.444. The third-order valence-corrected chi connectivity index (χ3v) is 6.22. The van der Waals surface area contributed by atoms with E-state index in [4.69, 9.17) is 29.0 Å². The van der Waals surface area contributed by atoms with Gasteiger partial charge >= 0.3 is 0 Å². The van der Waals surface area contributed by atoms with Crippen LogP contribution in [0, 0.1) is 11.3 Å². The van der Waals surface area contributed by atoms with Gasteiger partial charge in [-0.05, 0) is 31.0 Å². The van der Waals surface area contributed by atoms with E-state index in [1.165, 1.54) is 4.68 Å². The number of nitrogens with one attached hydrogen (secondary N) is 1. The summed E-state index contributed by atoms with van der Waals surface area (Å²) in [6, 6.07) is 7.29. The topological polar surface area (TPSA) is 110 Å². The van der Waals surface area contributed by atoms with Crippen LogP contribution in [0.3, 0.4) is 0 Å². The molecule has 7 nitrogen and oxygen atoms in total. The average molecular weight is 439 g/mol. The number of carbonyl (C=O) groups excluding carboxylic acids is 1. The van der Waals surface area contributed by atoms with Crippen molar-refractivity contribution in [1.82, 2.24) is 20.2 Å². The van der Waals surface area contributed by atoms with Gasteiger partial charge < -0.3 is 11.2 Å². The number of hydrogen-bond donors (Lipinski definition) is 2. The molecule has 2 aromatic rings. The van der Waals surface area contributed by atoms with E-state index in [2.05, 4.69) is 21.6 Å². The van der Waals surface area contributed by atoms with Crippen LogP contribution in [0.1, 0.15) is 38.5 Å². The zero-order valence-electron chi connectivity index (χ0n) is 15.1. The minimum Gasteiger partial charge on any atom is -0.337 e. The number of hydrogen-bond acceptors (Lipinski definition) is 6. The first-order chi connectivity index (χ1) is 13.4. The van der Waals surface area contributed by atoms with Crippen LogP contribution in [0.15, 0.2) is 23.4 Å². The molecule has 1 heterocycles. The van der Waals surface area contributed by atoms with Crippen LogP contribution in [0.2, 0.25) is 10.0 Å². The van der Waals surface area contributed by atoms with Crippen LogP contribution < -0.4 is 11.2 Å². The maximum absolute atomic E-state index is 12.4. The molecule has 0 spiro atoms. The Morgan fingerprint density at radius 2 is 2.00 bits per heavy atom. The molecule has 1 aliphatic carbocycles. The molecule has 148 valence electrons. The van der Waals surface area contributed by atoms with Gasteiger partial charge in [-0.1, -0.05) is 60.6 Å². The number of benzene rings is 1. The van der Waals surface area contributed by atoms with E-state index in [0.29, 0.717) is 39.4 Å². The smallest absolute Gasteiger partial charge is 0.231 e. The SMILES string of the molecule is N#CC1(NC(=O)CSc2nnc(-c3cc(Cl)ccc3Cl)n2N)CCCCCC1. The highest BCUT2D eigenvalue weighted by Crippen LogP contribution is 2.31.